The van der Waals surface area contributed by atoms with Gasteiger partial charge in [-0.25, -0.2) is 23.1 Å². The Balaban J connectivity index is 1.58. The number of sulfonamides is 1. The molecule has 1 aromatic heterocycles. The number of nitrogens with zero attached hydrogens (tertiary/aromatic N) is 3. The van der Waals surface area contributed by atoms with Crippen LogP contribution in [-0.4, -0.2) is 60.3 Å². The van der Waals surface area contributed by atoms with E-state index >= 15 is 0 Å². The van der Waals surface area contributed by atoms with Crippen LogP contribution in [-0.2, 0) is 26.0 Å². The minimum atomic E-state index is -3.60. The maximum Gasteiger partial charge on any atom is 0.304 e. The summed E-state index contributed by atoms with van der Waals surface area (Å²) in [6.07, 6.45) is 2.38. The molecule has 1 amide bonds. The molecule has 11 heteroatoms. The average molecular weight is 369 g/mol. The van der Waals surface area contributed by atoms with Crippen molar-refractivity contribution >= 4 is 33.5 Å². The maximum atomic E-state index is 11.8. The summed E-state index contributed by atoms with van der Waals surface area (Å²) in [7, 11) is -1.74. The van der Waals surface area contributed by atoms with E-state index in [0.717, 1.165) is 5.56 Å². The predicted molar refractivity (Wildman–Crippen MR) is 88.8 cm³/mol. The lowest BCUT2D eigenvalue weighted by Gasteiger charge is -2.42. The SMILES string of the molecule is CN(c1ncnc2c1CC(=O)N2)C1CC(NS(=O)(=O)CCC(=O)O)C1. The molecule has 1 aliphatic heterocycles. The number of aromatic nitrogens is 2. The minimum Gasteiger partial charge on any atom is -0.481 e. The Kier molecular flexibility index (Phi) is 4.60. The Morgan fingerprint density at radius 3 is 2.84 bits per heavy atom. The van der Waals surface area contributed by atoms with Crippen LogP contribution in [0.2, 0.25) is 0 Å². The van der Waals surface area contributed by atoms with Gasteiger partial charge >= 0.3 is 5.97 Å². The van der Waals surface area contributed by atoms with Crippen molar-refractivity contribution in [2.75, 3.05) is 23.0 Å². The summed E-state index contributed by atoms with van der Waals surface area (Å²) in [5, 5.41) is 11.3. The van der Waals surface area contributed by atoms with Crippen LogP contribution in [0.15, 0.2) is 6.33 Å². The summed E-state index contributed by atoms with van der Waals surface area (Å²) >= 11 is 0. The van der Waals surface area contributed by atoms with Crippen LogP contribution in [0.1, 0.15) is 24.8 Å². The fraction of sp³-hybridized carbons (Fsp3) is 0.571. The fourth-order valence-electron chi connectivity index (χ4n) is 3.02. The van der Waals surface area contributed by atoms with Gasteiger partial charge in [-0.2, -0.15) is 0 Å². The summed E-state index contributed by atoms with van der Waals surface area (Å²) in [5.74, 6) is -0.500. The highest BCUT2D eigenvalue weighted by molar-refractivity contribution is 7.89. The Labute approximate surface area is 144 Å². The molecular formula is C14H19N5O5S. The molecule has 3 rings (SSSR count). The first-order chi connectivity index (χ1) is 11.7. The van der Waals surface area contributed by atoms with Crippen LogP contribution >= 0.6 is 0 Å². The van der Waals surface area contributed by atoms with E-state index in [1.807, 2.05) is 11.9 Å². The number of carbonyl (C=O) groups is 2. The van der Waals surface area contributed by atoms with Gasteiger partial charge in [0.05, 0.1) is 18.6 Å². The first-order valence-corrected chi connectivity index (χ1v) is 9.49. The highest BCUT2D eigenvalue weighted by Crippen LogP contribution is 2.33. The number of carboxylic acids is 1. The van der Waals surface area contributed by atoms with Crippen molar-refractivity contribution in [3.05, 3.63) is 11.9 Å². The lowest BCUT2D eigenvalue weighted by Crippen LogP contribution is -2.53. The summed E-state index contributed by atoms with van der Waals surface area (Å²) < 4.78 is 26.2. The van der Waals surface area contributed by atoms with Gasteiger partial charge in [0.25, 0.3) is 0 Å². The summed E-state index contributed by atoms with van der Waals surface area (Å²) in [5.41, 5.74) is 0.750. The number of rotatable bonds is 7. The topological polar surface area (TPSA) is 142 Å². The maximum absolute atomic E-state index is 11.8. The third-order valence-electron chi connectivity index (χ3n) is 4.44. The second-order valence-electron chi connectivity index (χ2n) is 6.26. The second kappa shape index (κ2) is 6.56. The van der Waals surface area contributed by atoms with Crippen molar-refractivity contribution in [2.24, 2.45) is 0 Å². The minimum absolute atomic E-state index is 0.0851. The van der Waals surface area contributed by atoms with E-state index in [0.29, 0.717) is 24.5 Å². The second-order valence-corrected chi connectivity index (χ2v) is 8.14. The van der Waals surface area contributed by atoms with Crippen LogP contribution < -0.4 is 14.9 Å². The van der Waals surface area contributed by atoms with Crippen LogP contribution in [0.4, 0.5) is 11.6 Å². The number of fused-ring (bicyclic) bond motifs is 1. The number of nitrogens with one attached hydrogen (secondary N) is 2. The molecule has 0 unspecified atom stereocenters. The van der Waals surface area contributed by atoms with Gasteiger partial charge in [-0.1, -0.05) is 0 Å². The smallest absolute Gasteiger partial charge is 0.304 e. The number of carbonyl (C=O) groups excluding carboxylic acids is 1. The van der Waals surface area contributed by atoms with E-state index < -0.39 is 28.2 Å². The first-order valence-electron chi connectivity index (χ1n) is 7.83. The Morgan fingerprint density at radius 2 is 2.16 bits per heavy atom. The number of hydrogen-bond acceptors (Lipinski definition) is 7. The molecule has 1 aromatic rings. The molecule has 0 atom stereocenters. The molecule has 1 saturated carbocycles. The van der Waals surface area contributed by atoms with Gasteiger partial charge in [-0.3, -0.25) is 9.59 Å². The van der Waals surface area contributed by atoms with Crippen LogP contribution in [0.3, 0.4) is 0 Å². The first kappa shape index (κ1) is 17.5. The molecule has 2 heterocycles. The lowest BCUT2D eigenvalue weighted by molar-refractivity contribution is -0.136. The zero-order valence-electron chi connectivity index (χ0n) is 13.6. The van der Waals surface area contributed by atoms with Gasteiger partial charge in [-0.15, -0.1) is 0 Å². The van der Waals surface area contributed by atoms with Crippen molar-refractivity contribution in [2.45, 2.75) is 37.8 Å². The van der Waals surface area contributed by atoms with E-state index in [2.05, 4.69) is 20.0 Å². The third kappa shape index (κ3) is 3.87. The molecule has 1 fully saturated rings. The highest BCUT2D eigenvalue weighted by Gasteiger charge is 2.37. The van der Waals surface area contributed by atoms with E-state index in [4.69, 9.17) is 5.11 Å². The fourth-order valence-corrected chi connectivity index (χ4v) is 4.28. The standard InChI is InChI=1S/C14H19N5O5S/c1-19(14-10-6-11(20)17-13(10)15-7-16-14)9-4-8(5-9)18-25(23,24)3-2-12(21)22/h7-9,18H,2-6H2,1H3,(H,21,22)(H,15,16,17,20). The zero-order chi connectivity index (χ0) is 18.2. The predicted octanol–water partition coefficient (Wildman–Crippen LogP) is -0.667. The lowest BCUT2D eigenvalue weighted by atomic mass is 9.86. The van der Waals surface area contributed by atoms with Gasteiger partial charge < -0.3 is 15.3 Å². The molecule has 0 saturated heterocycles. The molecule has 25 heavy (non-hydrogen) atoms. The molecule has 0 radical (unpaired) electrons. The van der Waals surface area contributed by atoms with Crippen LogP contribution in [0.25, 0.3) is 0 Å². The van der Waals surface area contributed by atoms with Crippen molar-refractivity contribution in [1.82, 2.24) is 14.7 Å². The van der Waals surface area contributed by atoms with E-state index in [1.54, 1.807) is 0 Å². The zero-order valence-corrected chi connectivity index (χ0v) is 14.4. The van der Waals surface area contributed by atoms with Crippen LogP contribution in [0.5, 0.6) is 0 Å². The van der Waals surface area contributed by atoms with Gasteiger partial charge in [-0.05, 0) is 12.8 Å². The van der Waals surface area contributed by atoms with Crippen molar-refractivity contribution < 1.29 is 23.1 Å². The molecule has 3 N–H and O–H groups in total. The third-order valence-corrected chi connectivity index (χ3v) is 5.88. The van der Waals surface area contributed by atoms with E-state index in [9.17, 15) is 18.0 Å². The van der Waals surface area contributed by atoms with Crippen molar-refractivity contribution in [3.8, 4) is 0 Å². The molecule has 10 nitrogen and oxygen atoms in total. The van der Waals surface area contributed by atoms with Crippen molar-refractivity contribution in [1.29, 1.82) is 0 Å². The van der Waals surface area contributed by atoms with Crippen LogP contribution in [0, 0.1) is 0 Å². The highest BCUT2D eigenvalue weighted by atomic mass is 32.2. The number of hydrogen-bond donors (Lipinski definition) is 3. The van der Waals surface area contributed by atoms with Crippen molar-refractivity contribution in [3.63, 3.8) is 0 Å². The number of amides is 1. The normalized spacial score (nSPS) is 22.0. The van der Waals surface area contributed by atoms with Gasteiger partial charge in [0.15, 0.2) is 0 Å². The summed E-state index contributed by atoms with van der Waals surface area (Å²) in [6.45, 7) is 0. The summed E-state index contributed by atoms with van der Waals surface area (Å²) in [6, 6.07) is -0.136. The van der Waals surface area contributed by atoms with Gasteiger partial charge in [0, 0.05) is 24.7 Å². The number of carboxylic acid groups (broad SMARTS) is 1. The van der Waals surface area contributed by atoms with E-state index in [1.165, 1.54) is 6.33 Å². The largest absolute Gasteiger partial charge is 0.481 e. The monoisotopic (exact) mass is 369 g/mol. The average Bonchev–Trinajstić information content (AvgIpc) is 2.88. The van der Waals surface area contributed by atoms with Gasteiger partial charge in [0.1, 0.15) is 18.0 Å². The Morgan fingerprint density at radius 1 is 1.44 bits per heavy atom. The number of anilines is 2. The number of aliphatic carboxylic acids is 1. The molecule has 0 aromatic carbocycles. The molecule has 136 valence electrons. The molecule has 0 spiro atoms. The van der Waals surface area contributed by atoms with Gasteiger partial charge in [0.2, 0.25) is 15.9 Å². The Bertz CT molecular complexity index is 806. The molecule has 0 bridgehead atoms. The molecule has 2 aliphatic rings. The van der Waals surface area contributed by atoms with E-state index in [-0.39, 0.29) is 24.4 Å². The quantitative estimate of drug-likeness (QED) is 0.575. The Hall–Kier alpha value is -2.27. The molecule has 1 aliphatic carbocycles. The summed E-state index contributed by atoms with van der Waals surface area (Å²) in [4.78, 5) is 32.3. The molecular weight excluding hydrogens is 350 g/mol.